The molecule has 0 aromatic heterocycles. The van der Waals surface area contributed by atoms with E-state index >= 15 is 0 Å². The number of allylic oxidation sites excluding steroid dienone is 26. The van der Waals surface area contributed by atoms with Gasteiger partial charge in [-0.2, -0.15) is 0 Å². The number of hydrogen-bond donors (Lipinski definition) is 0. The summed E-state index contributed by atoms with van der Waals surface area (Å²) >= 11 is 0. The zero-order valence-corrected chi connectivity index (χ0v) is 43.8. The Morgan fingerprint density at radius 1 is 0.304 bits per heavy atom. The topological polar surface area (TPSA) is 78.9 Å². The largest absolute Gasteiger partial charge is 0.462 e. The van der Waals surface area contributed by atoms with Crippen LogP contribution in [0.5, 0.6) is 0 Å². The molecule has 0 saturated heterocycles. The minimum absolute atomic E-state index is 0.141. The Kier molecular flexibility index (Phi) is 51.6. The minimum atomic E-state index is -0.853. The number of hydrogen-bond acceptors (Lipinski definition) is 6. The van der Waals surface area contributed by atoms with Crippen molar-refractivity contribution in [3.05, 3.63) is 158 Å². The van der Waals surface area contributed by atoms with Crippen molar-refractivity contribution in [2.45, 2.75) is 207 Å². The third kappa shape index (κ3) is 53.8. The minimum Gasteiger partial charge on any atom is -0.462 e. The zero-order chi connectivity index (χ0) is 50.0. The SMILES string of the molecule is CC/C=C\C/C=C\C/C=C\C/C=C\C/C=C\C/C=C\CCC(=O)O[C@H](COC(=O)CCCC/C=C\C/C=C\C/C=C\C/C=C\CC)COC(=O)CCCCCC/C=C\C/C=C\C/C=C\CCCCC. The highest BCUT2D eigenvalue weighted by molar-refractivity contribution is 5.71. The second-order valence-corrected chi connectivity index (χ2v) is 17.0. The van der Waals surface area contributed by atoms with Gasteiger partial charge in [-0.1, -0.05) is 204 Å². The van der Waals surface area contributed by atoms with E-state index in [0.717, 1.165) is 122 Å². The Balaban J connectivity index is 4.65. The van der Waals surface area contributed by atoms with Gasteiger partial charge in [-0.3, -0.25) is 14.4 Å². The fraction of sp³-hybridized carbons (Fsp3) is 0.540. The Labute approximate surface area is 422 Å². The summed E-state index contributed by atoms with van der Waals surface area (Å²) in [7, 11) is 0. The van der Waals surface area contributed by atoms with Crippen LogP contribution in [0.1, 0.15) is 201 Å². The molecule has 1 atom stereocenters. The van der Waals surface area contributed by atoms with Gasteiger partial charge in [0.15, 0.2) is 6.10 Å². The van der Waals surface area contributed by atoms with Crippen molar-refractivity contribution in [2.24, 2.45) is 0 Å². The maximum Gasteiger partial charge on any atom is 0.306 e. The lowest BCUT2D eigenvalue weighted by molar-refractivity contribution is -0.166. The number of unbranched alkanes of at least 4 members (excludes halogenated alkanes) is 9. The van der Waals surface area contributed by atoms with Gasteiger partial charge in [0, 0.05) is 19.3 Å². The molecule has 69 heavy (non-hydrogen) atoms. The van der Waals surface area contributed by atoms with Crippen LogP contribution in [0.3, 0.4) is 0 Å². The third-order valence-electron chi connectivity index (χ3n) is 10.5. The molecule has 0 heterocycles. The molecule has 0 saturated carbocycles. The van der Waals surface area contributed by atoms with Gasteiger partial charge in [0.25, 0.3) is 0 Å². The molecular formula is C63H96O6. The van der Waals surface area contributed by atoms with Crippen LogP contribution in [0, 0.1) is 0 Å². The first-order valence-corrected chi connectivity index (χ1v) is 27.0. The van der Waals surface area contributed by atoms with Crippen LogP contribution >= 0.6 is 0 Å². The summed E-state index contributed by atoms with van der Waals surface area (Å²) in [5.41, 5.74) is 0. The van der Waals surface area contributed by atoms with Crippen LogP contribution in [0.15, 0.2) is 158 Å². The Hall–Kier alpha value is -4.97. The molecule has 0 aliphatic rings. The number of esters is 3. The first kappa shape index (κ1) is 64.0. The van der Waals surface area contributed by atoms with Gasteiger partial charge >= 0.3 is 17.9 Å². The molecule has 0 rings (SSSR count). The van der Waals surface area contributed by atoms with Gasteiger partial charge in [-0.25, -0.2) is 0 Å². The fourth-order valence-corrected chi connectivity index (χ4v) is 6.52. The molecule has 0 bridgehead atoms. The van der Waals surface area contributed by atoms with Crippen molar-refractivity contribution in [2.75, 3.05) is 13.2 Å². The highest BCUT2D eigenvalue weighted by Crippen LogP contribution is 2.10. The third-order valence-corrected chi connectivity index (χ3v) is 10.5. The Morgan fingerprint density at radius 3 is 0.957 bits per heavy atom. The summed E-state index contributed by atoms with van der Waals surface area (Å²) < 4.78 is 16.7. The lowest BCUT2D eigenvalue weighted by Gasteiger charge is -2.18. The molecular weight excluding hydrogens is 853 g/mol. The molecule has 0 N–H and O–H groups in total. The monoisotopic (exact) mass is 949 g/mol. The summed E-state index contributed by atoms with van der Waals surface area (Å²) in [5.74, 6) is -1.10. The molecule has 0 aliphatic heterocycles. The first-order chi connectivity index (χ1) is 34.0. The average molecular weight is 949 g/mol. The van der Waals surface area contributed by atoms with Crippen molar-refractivity contribution < 1.29 is 28.6 Å². The molecule has 0 aromatic rings. The predicted molar refractivity (Wildman–Crippen MR) is 297 cm³/mol. The van der Waals surface area contributed by atoms with Crippen LogP contribution < -0.4 is 0 Å². The van der Waals surface area contributed by atoms with E-state index in [0.29, 0.717) is 19.3 Å². The molecule has 0 unspecified atom stereocenters. The van der Waals surface area contributed by atoms with Crippen LogP contribution in [0.2, 0.25) is 0 Å². The standard InChI is InChI=1S/C63H96O6/c1-4-7-10-13-16-19-22-25-28-30-31-33-36-39-42-45-48-51-54-57-63(66)69-60(58-67-61(64)55-52-49-46-43-40-37-34-27-24-21-18-15-12-9-6-3)59-68-62(65)56-53-50-47-44-41-38-35-32-29-26-23-20-17-14-11-8-5-2/h7,9-10,12,16-21,25-29,31,33-35,38-40,42-43,48,51,60H,4-6,8,11,13-15,22-24,30,32,36-37,41,44-47,49-50,52-59H2,1-3H3/b10-7-,12-9-,19-16-,20-17-,21-18-,28-25-,29-26-,33-31-,34-27-,38-35-,42-39-,43-40-,51-48-/t60-/m1/s1. The summed E-state index contributed by atoms with van der Waals surface area (Å²) in [6.45, 7) is 6.24. The van der Waals surface area contributed by atoms with E-state index in [1.54, 1.807) is 0 Å². The molecule has 6 heteroatoms. The van der Waals surface area contributed by atoms with Gasteiger partial charge in [-0.05, 0) is 135 Å². The maximum atomic E-state index is 12.8. The van der Waals surface area contributed by atoms with Crippen molar-refractivity contribution in [1.29, 1.82) is 0 Å². The lowest BCUT2D eigenvalue weighted by Crippen LogP contribution is -2.30. The molecule has 384 valence electrons. The second-order valence-electron chi connectivity index (χ2n) is 17.0. The number of rotatable bonds is 46. The molecule has 0 radical (unpaired) electrons. The fourth-order valence-electron chi connectivity index (χ4n) is 6.52. The normalized spacial score (nSPS) is 13.4. The van der Waals surface area contributed by atoms with E-state index in [9.17, 15) is 14.4 Å². The number of carbonyl (C=O) groups is 3. The highest BCUT2D eigenvalue weighted by Gasteiger charge is 2.19. The van der Waals surface area contributed by atoms with Crippen LogP contribution in [0.25, 0.3) is 0 Å². The zero-order valence-electron chi connectivity index (χ0n) is 43.8. The molecule has 6 nitrogen and oxygen atoms in total. The smallest absolute Gasteiger partial charge is 0.306 e. The van der Waals surface area contributed by atoms with Crippen molar-refractivity contribution in [3.63, 3.8) is 0 Å². The summed E-state index contributed by atoms with van der Waals surface area (Å²) in [6, 6.07) is 0. The molecule has 0 fully saturated rings. The highest BCUT2D eigenvalue weighted by atomic mass is 16.6. The van der Waals surface area contributed by atoms with Crippen LogP contribution in [-0.2, 0) is 28.6 Å². The second kappa shape index (κ2) is 55.6. The molecule has 0 aliphatic carbocycles. The van der Waals surface area contributed by atoms with E-state index in [1.165, 1.54) is 25.7 Å². The van der Waals surface area contributed by atoms with Crippen molar-refractivity contribution in [1.82, 2.24) is 0 Å². The van der Waals surface area contributed by atoms with Gasteiger partial charge in [0.1, 0.15) is 13.2 Å². The van der Waals surface area contributed by atoms with Crippen LogP contribution in [-0.4, -0.2) is 37.2 Å². The summed E-state index contributed by atoms with van der Waals surface area (Å²) in [4.78, 5) is 38.0. The van der Waals surface area contributed by atoms with E-state index in [4.69, 9.17) is 14.2 Å². The quantitative estimate of drug-likeness (QED) is 0.0262. The van der Waals surface area contributed by atoms with E-state index in [-0.39, 0.29) is 38.0 Å². The summed E-state index contributed by atoms with van der Waals surface area (Å²) in [6.07, 6.45) is 81.0. The first-order valence-electron chi connectivity index (χ1n) is 27.0. The van der Waals surface area contributed by atoms with E-state index < -0.39 is 12.1 Å². The number of ether oxygens (including phenoxy) is 3. The Bertz CT molecular complexity index is 1610. The van der Waals surface area contributed by atoms with Crippen molar-refractivity contribution in [3.8, 4) is 0 Å². The van der Waals surface area contributed by atoms with Gasteiger partial charge in [-0.15, -0.1) is 0 Å². The molecule has 0 spiro atoms. The molecule has 0 aromatic carbocycles. The predicted octanol–water partition coefficient (Wildman–Crippen LogP) is 18.2. The van der Waals surface area contributed by atoms with Gasteiger partial charge in [0.05, 0.1) is 0 Å². The number of carbonyl (C=O) groups excluding carboxylic acids is 3. The maximum absolute atomic E-state index is 12.8. The van der Waals surface area contributed by atoms with Gasteiger partial charge in [0.2, 0.25) is 0 Å². The summed E-state index contributed by atoms with van der Waals surface area (Å²) in [5, 5.41) is 0. The average Bonchev–Trinajstić information content (AvgIpc) is 3.35. The van der Waals surface area contributed by atoms with E-state index in [2.05, 4.69) is 167 Å². The lowest BCUT2D eigenvalue weighted by atomic mass is 10.1. The van der Waals surface area contributed by atoms with E-state index in [1.807, 2.05) is 12.2 Å². The van der Waals surface area contributed by atoms with Gasteiger partial charge < -0.3 is 14.2 Å². The molecule has 0 amide bonds. The van der Waals surface area contributed by atoms with Crippen molar-refractivity contribution >= 4 is 17.9 Å². The van der Waals surface area contributed by atoms with Crippen LogP contribution in [0.4, 0.5) is 0 Å². The Morgan fingerprint density at radius 2 is 0.594 bits per heavy atom.